The number of carbonyl (C=O) groups is 6. The summed E-state index contributed by atoms with van der Waals surface area (Å²) in [7, 11) is 0. The first-order valence-electron chi connectivity index (χ1n) is 12.9. The molecule has 0 saturated carbocycles. The lowest BCUT2D eigenvalue weighted by atomic mass is 10.1. The van der Waals surface area contributed by atoms with Crippen molar-refractivity contribution >= 4 is 35.5 Å². The summed E-state index contributed by atoms with van der Waals surface area (Å²) in [5.74, 6) is -4.04. The quantitative estimate of drug-likeness (QED) is 0.185. The Morgan fingerprint density at radius 3 is 1.95 bits per heavy atom. The van der Waals surface area contributed by atoms with Crippen molar-refractivity contribution in [2.75, 3.05) is 6.54 Å². The maximum absolute atomic E-state index is 13.1. The van der Waals surface area contributed by atoms with Crippen molar-refractivity contribution in [1.29, 1.82) is 0 Å². The predicted octanol–water partition coefficient (Wildman–Crippen LogP) is -1.35. The van der Waals surface area contributed by atoms with E-state index < -0.39 is 71.8 Å². The number of carbonyl (C=O) groups excluding carboxylic acids is 5. The Bertz CT molecular complexity index is 1060. The van der Waals surface area contributed by atoms with Gasteiger partial charge in [-0.25, -0.2) is 4.79 Å². The van der Waals surface area contributed by atoms with E-state index in [4.69, 9.17) is 5.73 Å². The second kappa shape index (κ2) is 14.2. The molecule has 0 spiro atoms. The number of nitrogens with zero attached hydrogens (tertiary/aromatic N) is 1. The van der Waals surface area contributed by atoms with E-state index in [1.165, 1.54) is 32.6 Å². The molecule has 2 rings (SSSR count). The van der Waals surface area contributed by atoms with Crippen molar-refractivity contribution in [3.63, 3.8) is 0 Å². The van der Waals surface area contributed by atoms with Crippen LogP contribution in [0.25, 0.3) is 0 Å². The van der Waals surface area contributed by atoms with Crippen molar-refractivity contribution in [3.05, 3.63) is 35.9 Å². The second-order valence-corrected chi connectivity index (χ2v) is 9.76. The van der Waals surface area contributed by atoms with Gasteiger partial charge < -0.3 is 37.0 Å². The summed E-state index contributed by atoms with van der Waals surface area (Å²) in [4.78, 5) is 75.8. The molecule has 5 amide bonds. The molecule has 1 saturated heterocycles. The van der Waals surface area contributed by atoms with Crippen molar-refractivity contribution in [1.82, 2.24) is 26.2 Å². The summed E-state index contributed by atoms with van der Waals surface area (Å²) >= 11 is 0. The number of nitrogens with two attached hydrogens (primary N) is 1. The van der Waals surface area contributed by atoms with Gasteiger partial charge in [0.25, 0.3) is 0 Å². The average molecular weight is 547 g/mol. The fourth-order valence-corrected chi connectivity index (χ4v) is 4.08. The molecule has 1 aliphatic heterocycles. The van der Waals surface area contributed by atoms with Crippen molar-refractivity contribution in [2.24, 2.45) is 5.73 Å². The smallest absolute Gasteiger partial charge is 0.326 e. The van der Waals surface area contributed by atoms with Crippen molar-refractivity contribution in [2.45, 2.75) is 83.2 Å². The minimum absolute atomic E-state index is 0.0895. The molecule has 13 nitrogen and oxygen atoms in total. The van der Waals surface area contributed by atoms with Gasteiger partial charge in [-0.1, -0.05) is 30.3 Å². The normalized spacial score (nSPS) is 18.6. The first-order valence-corrected chi connectivity index (χ1v) is 12.9. The van der Waals surface area contributed by atoms with Crippen LogP contribution in [-0.4, -0.2) is 88.3 Å². The lowest BCUT2D eigenvalue weighted by Crippen LogP contribution is -2.57. The van der Waals surface area contributed by atoms with Gasteiger partial charge in [0.05, 0.1) is 6.04 Å². The molecule has 0 bridgehead atoms. The summed E-state index contributed by atoms with van der Waals surface area (Å²) in [5.41, 5.74) is 6.21. The summed E-state index contributed by atoms with van der Waals surface area (Å²) in [6.45, 7) is 6.08. The standard InChI is InChI=1S/C26H38N6O7/c1-14(27)21(33)28-15(2)22(34)29-16(3)23(35)30-17(4)25(37)32-12-8-11-20(32)24(36)31-19(26(38)39)13-18-9-6-5-7-10-18/h5-7,9-10,14-17,19-20H,8,11-13,27H2,1-4H3,(H,28,33)(H,29,34)(H,30,35)(H,31,36)(H,38,39)/t14-,15-,16-,17-,19-,20-/m0/s1. The van der Waals surface area contributed by atoms with E-state index in [1.54, 1.807) is 30.3 Å². The molecule has 0 radical (unpaired) electrons. The number of nitrogens with one attached hydrogen (secondary N) is 4. The lowest BCUT2D eigenvalue weighted by Gasteiger charge is -2.28. The maximum atomic E-state index is 13.1. The number of rotatable bonds is 12. The zero-order valence-corrected chi connectivity index (χ0v) is 22.6. The zero-order valence-electron chi connectivity index (χ0n) is 22.6. The highest BCUT2D eigenvalue weighted by molar-refractivity contribution is 5.96. The summed E-state index contributed by atoms with van der Waals surface area (Å²) in [5, 5.41) is 19.6. The van der Waals surface area contributed by atoms with Crippen LogP contribution in [0.1, 0.15) is 46.1 Å². The monoisotopic (exact) mass is 546 g/mol. The van der Waals surface area contributed by atoms with Crippen LogP contribution in [0.5, 0.6) is 0 Å². The van der Waals surface area contributed by atoms with E-state index in [1.807, 2.05) is 0 Å². The maximum Gasteiger partial charge on any atom is 0.326 e. The topological polar surface area (TPSA) is 200 Å². The number of likely N-dealkylation sites (tertiary alicyclic amines) is 1. The molecule has 214 valence electrons. The van der Waals surface area contributed by atoms with Gasteiger partial charge in [0, 0.05) is 13.0 Å². The Kier molecular flexibility index (Phi) is 11.4. The van der Waals surface area contributed by atoms with Crippen molar-refractivity contribution < 1.29 is 33.9 Å². The Labute approximate surface area is 227 Å². The van der Waals surface area contributed by atoms with E-state index >= 15 is 0 Å². The molecule has 7 N–H and O–H groups in total. The third kappa shape index (κ3) is 9.06. The molecule has 13 heteroatoms. The van der Waals surface area contributed by atoms with Gasteiger partial charge in [0.1, 0.15) is 30.2 Å². The predicted molar refractivity (Wildman–Crippen MR) is 141 cm³/mol. The minimum Gasteiger partial charge on any atom is -0.480 e. The van der Waals surface area contributed by atoms with Crippen LogP contribution < -0.4 is 27.0 Å². The molecule has 1 aliphatic rings. The van der Waals surface area contributed by atoms with Gasteiger partial charge in [-0.05, 0) is 46.1 Å². The Balaban J connectivity index is 1.94. The fourth-order valence-electron chi connectivity index (χ4n) is 4.08. The molecular weight excluding hydrogens is 508 g/mol. The molecule has 1 aromatic carbocycles. The van der Waals surface area contributed by atoms with E-state index in [0.29, 0.717) is 12.8 Å². The molecule has 1 aromatic rings. The lowest BCUT2D eigenvalue weighted by molar-refractivity contribution is -0.144. The van der Waals surface area contributed by atoms with Crippen LogP contribution >= 0.6 is 0 Å². The SMILES string of the molecule is C[C@H](N)C(=O)N[C@@H](C)C(=O)N[C@@H](C)C(=O)N[C@@H](C)C(=O)N1CCC[C@H]1C(=O)N[C@@H](Cc1ccccc1)C(=O)O. The average Bonchev–Trinajstić information content (AvgIpc) is 3.38. The van der Waals surface area contributed by atoms with Gasteiger partial charge >= 0.3 is 5.97 Å². The van der Waals surface area contributed by atoms with E-state index in [0.717, 1.165) is 5.56 Å². The molecule has 1 heterocycles. The number of carboxylic acid groups (broad SMARTS) is 1. The molecule has 6 atom stereocenters. The number of benzene rings is 1. The molecule has 0 aromatic heterocycles. The van der Waals surface area contributed by atoms with Crippen LogP contribution in [-0.2, 0) is 35.2 Å². The van der Waals surface area contributed by atoms with Crippen LogP contribution in [0.2, 0.25) is 0 Å². The van der Waals surface area contributed by atoms with E-state index in [2.05, 4.69) is 21.3 Å². The molecule has 39 heavy (non-hydrogen) atoms. The number of hydrogen-bond donors (Lipinski definition) is 6. The largest absolute Gasteiger partial charge is 0.480 e. The van der Waals surface area contributed by atoms with Gasteiger partial charge in [-0.3, -0.25) is 24.0 Å². The zero-order chi connectivity index (χ0) is 29.3. The molecular formula is C26H38N6O7. The third-order valence-corrected chi connectivity index (χ3v) is 6.38. The third-order valence-electron chi connectivity index (χ3n) is 6.38. The minimum atomic E-state index is -1.19. The number of amides is 5. The summed E-state index contributed by atoms with van der Waals surface area (Å²) < 4.78 is 0. The highest BCUT2D eigenvalue weighted by Gasteiger charge is 2.38. The van der Waals surface area contributed by atoms with Gasteiger partial charge in [0.2, 0.25) is 29.5 Å². The first-order chi connectivity index (χ1) is 18.3. The highest BCUT2D eigenvalue weighted by atomic mass is 16.4. The van der Waals surface area contributed by atoms with E-state index in [-0.39, 0.29) is 13.0 Å². The summed E-state index contributed by atoms with van der Waals surface area (Å²) in [6, 6.07) is 3.07. The van der Waals surface area contributed by atoms with Crippen molar-refractivity contribution in [3.8, 4) is 0 Å². The van der Waals surface area contributed by atoms with Gasteiger partial charge in [0.15, 0.2) is 0 Å². The Morgan fingerprint density at radius 2 is 1.41 bits per heavy atom. The van der Waals surface area contributed by atoms with Gasteiger partial charge in [-0.15, -0.1) is 0 Å². The Hall–Kier alpha value is -4.00. The summed E-state index contributed by atoms with van der Waals surface area (Å²) in [6.07, 6.45) is 0.984. The van der Waals surface area contributed by atoms with Crippen LogP contribution in [0.15, 0.2) is 30.3 Å². The highest BCUT2D eigenvalue weighted by Crippen LogP contribution is 2.19. The number of carboxylic acids is 1. The molecule has 0 aliphatic carbocycles. The number of hydrogen-bond acceptors (Lipinski definition) is 7. The van der Waals surface area contributed by atoms with Crippen LogP contribution in [0.3, 0.4) is 0 Å². The molecule has 1 fully saturated rings. The molecule has 0 unspecified atom stereocenters. The van der Waals surface area contributed by atoms with Crippen LogP contribution in [0, 0.1) is 0 Å². The number of aliphatic carboxylic acids is 1. The van der Waals surface area contributed by atoms with E-state index in [9.17, 15) is 33.9 Å². The first kappa shape index (κ1) is 31.2. The Morgan fingerprint density at radius 1 is 0.872 bits per heavy atom. The fraction of sp³-hybridized carbons (Fsp3) is 0.538. The van der Waals surface area contributed by atoms with Crippen LogP contribution in [0.4, 0.5) is 0 Å². The van der Waals surface area contributed by atoms with Gasteiger partial charge in [-0.2, -0.15) is 0 Å². The second-order valence-electron chi connectivity index (χ2n) is 9.76.